The van der Waals surface area contributed by atoms with Crippen LogP contribution in [0.2, 0.25) is 0 Å². The summed E-state index contributed by atoms with van der Waals surface area (Å²) < 4.78 is 11.5. The lowest BCUT2D eigenvalue weighted by Gasteiger charge is -2.37. The van der Waals surface area contributed by atoms with Gasteiger partial charge in [0.15, 0.2) is 11.9 Å². The maximum atomic E-state index is 12.3. The van der Waals surface area contributed by atoms with Crippen LogP contribution in [0.5, 0.6) is 11.5 Å². The van der Waals surface area contributed by atoms with E-state index in [0.29, 0.717) is 35.8 Å². The molecule has 2 aliphatic rings. The zero-order valence-corrected chi connectivity index (χ0v) is 19.6. The normalized spacial score (nSPS) is 18.2. The molecule has 0 spiro atoms. The fourth-order valence-electron chi connectivity index (χ4n) is 4.39. The van der Waals surface area contributed by atoms with Gasteiger partial charge in [0.2, 0.25) is 0 Å². The fraction of sp³-hybridized carbons (Fsp3) is 0.458. The number of fused-ring (bicyclic) bond motifs is 1. The second-order valence-electron chi connectivity index (χ2n) is 8.28. The number of hydrogen-bond donors (Lipinski definition) is 2. The number of carbonyl (C=O) groups excluding carboxylic acids is 2. The first-order valence-corrected chi connectivity index (χ1v) is 11.3. The molecule has 9 heteroatoms. The minimum atomic E-state index is -0.468. The van der Waals surface area contributed by atoms with Gasteiger partial charge >= 0.3 is 0 Å². The number of aromatic nitrogens is 1. The van der Waals surface area contributed by atoms with E-state index < -0.39 is 6.10 Å². The van der Waals surface area contributed by atoms with Crippen LogP contribution >= 0.6 is 0 Å². The summed E-state index contributed by atoms with van der Waals surface area (Å²) in [5.41, 5.74) is 3.96. The van der Waals surface area contributed by atoms with Gasteiger partial charge in [0.25, 0.3) is 11.8 Å². The second-order valence-corrected chi connectivity index (χ2v) is 8.28. The molecule has 2 aromatic rings. The fourth-order valence-corrected chi connectivity index (χ4v) is 4.39. The number of rotatable bonds is 6. The quantitative estimate of drug-likeness (QED) is 0.692. The van der Waals surface area contributed by atoms with Crippen molar-refractivity contribution in [3.63, 3.8) is 0 Å². The molecule has 2 aliphatic heterocycles. The lowest BCUT2D eigenvalue weighted by molar-refractivity contribution is -0.123. The number of anilines is 2. The molecule has 1 saturated heterocycles. The Labute approximate surface area is 194 Å². The van der Waals surface area contributed by atoms with E-state index >= 15 is 0 Å². The molecule has 33 heavy (non-hydrogen) atoms. The first-order chi connectivity index (χ1) is 15.9. The van der Waals surface area contributed by atoms with E-state index in [9.17, 15) is 9.59 Å². The molecule has 0 bridgehead atoms. The first kappa shape index (κ1) is 22.8. The molecule has 0 saturated carbocycles. The van der Waals surface area contributed by atoms with E-state index in [1.807, 2.05) is 32.0 Å². The highest BCUT2D eigenvalue weighted by atomic mass is 16.5. The zero-order valence-electron chi connectivity index (χ0n) is 19.6. The van der Waals surface area contributed by atoms with Gasteiger partial charge in [-0.3, -0.25) is 14.5 Å². The van der Waals surface area contributed by atoms with Crippen molar-refractivity contribution in [2.75, 3.05) is 50.6 Å². The molecule has 9 nitrogen and oxygen atoms in total. The summed E-state index contributed by atoms with van der Waals surface area (Å²) in [6, 6.07) is 7.67. The molecule has 0 aliphatic carbocycles. The van der Waals surface area contributed by atoms with Crippen molar-refractivity contribution in [3.8, 4) is 11.5 Å². The predicted octanol–water partition coefficient (Wildman–Crippen LogP) is 2.19. The lowest BCUT2D eigenvalue weighted by Crippen LogP contribution is -2.46. The van der Waals surface area contributed by atoms with Crippen LogP contribution in [0.1, 0.15) is 35.1 Å². The summed E-state index contributed by atoms with van der Waals surface area (Å²) in [6.45, 7) is 8.03. The third-order valence-corrected chi connectivity index (χ3v) is 6.21. The molecule has 3 heterocycles. The Morgan fingerprint density at radius 2 is 2.00 bits per heavy atom. The Balaban J connectivity index is 1.43. The monoisotopic (exact) mass is 453 g/mol. The number of ether oxygens (including phenoxy) is 2. The smallest absolute Gasteiger partial charge is 0.269 e. The molecule has 4 rings (SSSR count). The highest BCUT2D eigenvalue weighted by Crippen LogP contribution is 2.41. The van der Waals surface area contributed by atoms with E-state index in [4.69, 9.17) is 9.47 Å². The standard InChI is InChI=1S/C24H31N5O4/c1-5-19-24(31)27-21-20(33-19)9-6-16(22(21)32-4)14-28-10-12-29(13-11-28)18-8-7-17(23(30)25-3)26-15(18)2/h6-9,19H,5,10-14H2,1-4H3,(H,25,30)(H,27,31)/t19-/m0/s1. The van der Waals surface area contributed by atoms with E-state index in [2.05, 4.69) is 25.4 Å². The Bertz CT molecular complexity index is 1050. The molecule has 2 N–H and O–H groups in total. The predicted molar refractivity (Wildman–Crippen MR) is 126 cm³/mol. The van der Waals surface area contributed by atoms with E-state index in [1.165, 1.54) is 0 Å². The number of amides is 2. The van der Waals surface area contributed by atoms with Crippen molar-refractivity contribution in [2.24, 2.45) is 0 Å². The molecule has 1 aromatic carbocycles. The van der Waals surface area contributed by atoms with Crippen LogP contribution < -0.4 is 25.0 Å². The number of carbonyl (C=O) groups is 2. The Morgan fingerprint density at radius 3 is 2.64 bits per heavy atom. The maximum absolute atomic E-state index is 12.3. The third kappa shape index (κ3) is 4.59. The average molecular weight is 454 g/mol. The number of nitrogens with one attached hydrogen (secondary N) is 2. The Morgan fingerprint density at radius 1 is 1.24 bits per heavy atom. The maximum Gasteiger partial charge on any atom is 0.269 e. The lowest BCUT2D eigenvalue weighted by atomic mass is 10.1. The second kappa shape index (κ2) is 9.66. The van der Waals surface area contributed by atoms with Crippen LogP contribution in [0, 0.1) is 6.92 Å². The van der Waals surface area contributed by atoms with Gasteiger partial charge in [-0.25, -0.2) is 4.98 Å². The minimum Gasteiger partial charge on any atom is -0.494 e. The molecule has 2 amide bonds. The summed E-state index contributed by atoms with van der Waals surface area (Å²) in [4.78, 5) is 33.2. The molecule has 1 fully saturated rings. The molecule has 1 atom stereocenters. The number of pyridine rings is 1. The molecule has 176 valence electrons. The third-order valence-electron chi connectivity index (χ3n) is 6.21. The summed E-state index contributed by atoms with van der Waals surface area (Å²) in [5, 5.41) is 5.57. The van der Waals surface area contributed by atoms with Gasteiger partial charge in [-0.1, -0.05) is 13.0 Å². The van der Waals surface area contributed by atoms with Crippen molar-refractivity contribution >= 4 is 23.2 Å². The van der Waals surface area contributed by atoms with Gasteiger partial charge < -0.3 is 25.0 Å². The average Bonchev–Trinajstić information content (AvgIpc) is 2.83. The highest BCUT2D eigenvalue weighted by Gasteiger charge is 2.30. The molecular formula is C24H31N5O4. The van der Waals surface area contributed by atoms with E-state index in [-0.39, 0.29) is 11.8 Å². The van der Waals surface area contributed by atoms with Crippen molar-refractivity contribution in [1.82, 2.24) is 15.2 Å². The molecular weight excluding hydrogens is 422 g/mol. The number of nitrogens with zero attached hydrogens (tertiary/aromatic N) is 3. The highest BCUT2D eigenvalue weighted by molar-refractivity contribution is 5.99. The van der Waals surface area contributed by atoms with Crippen molar-refractivity contribution in [2.45, 2.75) is 32.9 Å². The summed E-state index contributed by atoms with van der Waals surface area (Å²) in [5.74, 6) is 0.985. The van der Waals surface area contributed by atoms with Gasteiger partial charge in [-0.2, -0.15) is 0 Å². The van der Waals surface area contributed by atoms with E-state index in [0.717, 1.165) is 43.1 Å². The number of benzene rings is 1. The Kier molecular flexibility index (Phi) is 6.69. The van der Waals surface area contributed by atoms with E-state index in [1.54, 1.807) is 20.2 Å². The number of methoxy groups -OCH3 is 1. The molecule has 0 radical (unpaired) electrons. The van der Waals surface area contributed by atoms with Gasteiger partial charge in [0, 0.05) is 45.3 Å². The first-order valence-electron chi connectivity index (χ1n) is 11.3. The topological polar surface area (TPSA) is 96.0 Å². The van der Waals surface area contributed by atoms with Crippen LogP contribution in [0.4, 0.5) is 11.4 Å². The van der Waals surface area contributed by atoms with Gasteiger partial charge in [0.05, 0.1) is 18.5 Å². The van der Waals surface area contributed by atoms with Crippen LogP contribution in [0.15, 0.2) is 24.3 Å². The van der Waals surface area contributed by atoms with Crippen LogP contribution in [0.3, 0.4) is 0 Å². The number of piperazine rings is 1. The van der Waals surface area contributed by atoms with Gasteiger partial charge in [-0.15, -0.1) is 0 Å². The minimum absolute atomic E-state index is 0.138. The summed E-state index contributed by atoms with van der Waals surface area (Å²) in [6.07, 6.45) is 0.146. The Hall–Kier alpha value is -3.33. The molecule has 0 unspecified atom stereocenters. The summed E-state index contributed by atoms with van der Waals surface area (Å²) >= 11 is 0. The van der Waals surface area contributed by atoms with Crippen molar-refractivity contribution in [3.05, 3.63) is 41.2 Å². The number of aryl methyl sites for hydroxylation is 1. The van der Waals surface area contributed by atoms with Crippen LogP contribution in [-0.4, -0.2) is 68.1 Å². The number of hydrogen-bond acceptors (Lipinski definition) is 7. The molecule has 1 aromatic heterocycles. The van der Waals surface area contributed by atoms with Gasteiger partial charge in [0.1, 0.15) is 17.1 Å². The van der Waals surface area contributed by atoms with Gasteiger partial charge in [-0.05, 0) is 31.5 Å². The van der Waals surface area contributed by atoms with Crippen LogP contribution in [-0.2, 0) is 11.3 Å². The largest absolute Gasteiger partial charge is 0.494 e. The van der Waals surface area contributed by atoms with Crippen LogP contribution in [0.25, 0.3) is 0 Å². The zero-order chi connectivity index (χ0) is 23.5. The SMILES string of the molecule is CC[C@@H]1Oc2ccc(CN3CCN(c4ccc(C(=O)NC)nc4C)CC3)c(OC)c2NC1=O. The van der Waals surface area contributed by atoms with Crippen molar-refractivity contribution < 1.29 is 19.1 Å². The summed E-state index contributed by atoms with van der Waals surface area (Å²) in [7, 11) is 3.22. The van der Waals surface area contributed by atoms with Crippen molar-refractivity contribution in [1.29, 1.82) is 0 Å².